The highest BCUT2D eigenvalue weighted by molar-refractivity contribution is 7.91. The highest BCUT2D eigenvalue weighted by atomic mass is 32.2. The van der Waals surface area contributed by atoms with Gasteiger partial charge in [-0.25, -0.2) is 8.42 Å². The maximum absolute atomic E-state index is 12.5. The molecular formula is C17H23NO3S. The topological polar surface area (TPSA) is 54.5 Å². The normalized spacial score (nSPS) is 20.3. The molecule has 4 nitrogen and oxygen atoms in total. The first kappa shape index (κ1) is 16.7. The quantitative estimate of drug-likeness (QED) is 0.757. The van der Waals surface area contributed by atoms with Crippen LogP contribution in [0.15, 0.2) is 36.4 Å². The Labute approximate surface area is 132 Å². The van der Waals surface area contributed by atoms with E-state index >= 15 is 0 Å². The molecule has 1 saturated heterocycles. The largest absolute Gasteiger partial charge is 0.335 e. The van der Waals surface area contributed by atoms with Crippen molar-refractivity contribution < 1.29 is 13.2 Å². The van der Waals surface area contributed by atoms with Crippen LogP contribution in [0.5, 0.6) is 0 Å². The van der Waals surface area contributed by atoms with Gasteiger partial charge in [0, 0.05) is 18.7 Å². The number of carbonyl (C=O) groups is 1. The lowest BCUT2D eigenvalue weighted by Crippen LogP contribution is -2.40. The fraction of sp³-hybridized carbons (Fsp3) is 0.471. The zero-order valence-electron chi connectivity index (χ0n) is 12.9. The van der Waals surface area contributed by atoms with Crippen LogP contribution in [0.25, 0.3) is 6.08 Å². The summed E-state index contributed by atoms with van der Waals surface area (Å²) in [6.45, 7) is 2.68. The van der Waals surface area contributed by atoms with Gasteiger partial charge < -0.3 is 4.90 Å². The zero-order valence-corrected chi connectivity index (χ0v) is 13.8. The molecule has 1 aliphatic heterocycles. The molecular weight excluding hydrogens is 298 g/mol. The van der Waals surface area contributed by atoms with Crippen LogP contribution in [-0.4, -0.2) is 43.3 Å². The van der Waals surface area contributed by atoms with Crippen molar-refractivity contribution in [2.24, 2.45) is 0 Å². The average molecular weight is 321 g/mol. The summed E-state index contributed by atoms with van der Waals surface area (Å²) >= 11 is 0. The van der Waals surface area contributed by atoms with Crippen LogP contribution in [0.2, 0.25) is 0 Å². The van der Waals surface area contributed by atoms with Gasteiger partial charge in [-0.05, 0) is 24.5 Å². The Balaban J connectivity index is 2.08. The van der Waals surface area contributed by atoms with Gasteiger partial charge in [-0.15, -0.1) is 0 Å². The van der Waals surface area contributed by atoms with E-state index < -0.39 is 9.84 Å². The van der Waals surface area contributed by atoms with Gasteiger partial charge in [0.25, 0.3) is 0 Å². The molecule has 2 rings (SSSR count). The minimum absolute atomic E-state index is 0.0978. The van der Waals surface area contributed by atoms with Crippen molar-refractivity contribution in [1.82, 2.24) is 4.90 Å². The number of benzene rings is 1. The molecule has 0 aromatic heterocycles. The predicted molar refractivity (Wildman–Crippen MR) is 89.2 cm³/mol. The van der Waals surface area contributed by atoms with Crippen LogP contribution in [0.1, 0.15) is 31.7 Å². The molecule has 1 aromatic rings. The second kappa shape index (κ2) is 7.58. The molecule has 22 heavy (non-hydrogen) atoms. The molecule has 0 saturated carbocycles. The second-order valence-electron chi connectivity index (χ2n) is 5.69. The highest BCUT2D eigenvalue weighted by Gasteiger charge is 2.33. The first-order valence-corrected chi connectivity index (χ1v) is 9.58. The third-order valence-electron chi connectivity index (χ3n) is 3.90. The summed E-state index contributed by atoms with van der Waals surface area (Å²) in [7, 11) is -2.98. The SMILES string of the molecule is CCCCN(C(=O)/C=C/c1ccccc1)[C@H]1CCS(=O)(=O)C1. The third-order valence-corrected chi connectivity index (χ3v) is 5.65. The molecule has 1 aromatic carbocycles. The second-order valence-corrected chi connectivity index (χ2v) is 7.91. The van der Waals surface area contributed by atoms with Crippen molar-refractivity contribution in [1.29, 1.82) is 0 Å². The number of carbonyl (C=O) groups excluding carboxylic acids is 1. The standard InChI is InChI=1S/C17H23NO3S/c1-2-3-12-18(16-11-13-22(20,21)14-16)17(19)10-9-15-7-5-4-6-8-15/h4-10,16H,2-3,11-14H2,1H3/b10-9+/t16-/m0/s1. The van der Waals surface area contributed by atoms with Gasteiger partial charge in [-0.1, -0.05) is 43.7 Å². The molecule has 120 valence electrons. The molecule has 1 fully saturated rings. The molecule has 0 spiro atoms. The van der Waals surface area contributed by atoms with Crippen molar-refractivity contribution >= 4 is 21.8 Å². The van der Waals surface area contributed by atoms with Crippen LogP contribution in [0, 0.1) is 0 Å². The van der Waals surface area contributed by atoms with E-state index in [9.17, 15) is 13.2 Å². The van der Waals surface area contributed by atoms with Crippen LogP contribution in [0.3, 0.4) is 0 Å². The molecule has 1 heterocycles. The fourth-order valence-electron chi connectivity index (χ4n) is 2.65. The van der Waals surface area contributed by atoms with Crippen molar-refractivity contribution in [3.63, 3.8) is 0 Å². The highest BCUT2D eigenvalue weighted by Crippen LogP contribution is 2.19. The number of amides is 1. The Morgan fingerprint density at radius 3 is 2.64 bits per heavy atom. The third kappa shape index (κ3) is 4.70. The Morgan fingerprint density at radius 2 is 2.05 bits per heavy atom. The molecule has 1 amide bonds. The average Bonchev–Trinajstić information content (AvgIpc) is 2.86. The van der Waals surface area contributed by atoms with Crippen LogP contribution in [-0.2, 0) is 14.6 Å². The smallest absolute Gasteiger partial charge is 0.246 e. The molecule has 5 heteroatoms. The maximum Gasteiger partial charge on any atom is 0.246 e. The lowest BCUT2D eigenvalue weighted by molar-refractivity contribution is -0.127. The zero-order chi connectivity index (χ0) is 16.0. The number of sulfone groups is 1. The molecule has 0 bridgehead atoms. The molecule has 0 radical (unpaired) electrons. The van der Waals surface area contributed by atoms with E-state index in [1.165, 1.54) is 0 Å². The fourth-order valence-corrected chi connectivity index (χ4v) is 4.38. The number of nitrogens with zero attached hydrogens (tertiary/aromatic N) is 1. The first-order valence-electron chi connectivity index (χ1n) is 7.76. The van der Waals surface area contributed by atoms with Crippen molar-refractivity contribution in [2.75, 3.05) is 18.1 Å². The van der Waals surface area contributed by atoms with Gasteiger partial charge in [0.15, 0.2) is 9.84 Å². The minimum atomic E-state index is -2.98. The van der Waals surface area contributed by atoms with Crippen LogP contribution in [0.4, 0.5) is 0 Å². The molecule has 1 atom stereocenters. The number of hydrogen-bond acceptors (Lipinski definition) is 3. The lowest BCUT2D eigenvalue weighted by atomic mass is 10.1. The van der Waals surface area contributed by atoms with Crippen LogP contribution < -0.4 is 0 Å². The van der Waals surface area contributed by atoms with Gasteiger partial charge in [0.05, 0.1) is 11.5 Å². The first-order chi connectivity index (χ1) is 10.5. The van der Waals surface area contributed by atoms with Crippen molar-refractivity contribution in [2.45, 2.75) is 32.2 Å². The minimum Gasteiger partial charge on any atom is -0.335 e. The van der Waals surface area contributed by atoms with Crippen molar-refractivity contribution in [3.05, 3.63) is 42.0 Å². The summed E-state index contributed by atoms with van der Waals surface area (Å²) < 4.78 is 23.3. The monoisotopic (exact) mass is 321 g/mol. The summed E-state index contributed by atoms with van der Waals surface area (Å²) in [6, 6.07) is 9.45. The Morgan fingerprint density at radius 1 is 1.32 bits per heavy atom. The molecule has 1 aliphatic rings. The van der Waals surface area contributed by atoms with Gasteiger partial charge in [-0.2, -0.15) is 0 Å². The van der Waals surface area contributed by atoms with E-state index in [-0.39, 0.29) is 23.5 Å². The van der Waals surface area contributed by atoms with E-state index in [0.717, 1.165) is 18.4 Å². The maximum atomic E-state index is 12.5. The van der Waals surface area contributed by atoms with E-state index in [4.69, 9.17) is 0 Å². The summed E-state index contributed by atoms with van der Waals surface area (Å²) in [4.78, 5) is 14.2. The summed E-state index contributed by atoms with van der Waals surface area (Å²) in [5, 5.41) is 0. The molecule has 0 unspecified atom stereocenters. The summed E-state index contributed by atoms with van der Waals surface area (Å²) in [5.41, 5.74) is 0.963. The number of rotatable bonds is 6. The van der Waals surface area contributed by atoms with Gasteiger partial charge in [0.2, 0.25) is 5.91 Å². The number of unbranched alkanes of at least 4 members (excludes halogenated alkanes) is 1. The van der Waals surface area contributed by atoms with E-state index in [2.05, 4.69) is 6.92 Å². The Hall–Kier alpha value is -1.62. The lowest BCUT2D eigenvalue weighted by Gasteiger charge is -2.27. The van der Waals surface area contributed by atoms with E-state index in [1.54, 1.807) is 17.1 Å². The van der Waals surface area contributed by atoms with E-state index in [0.29, 0.717) is 13.0 Å². The number of hydrogen-bond donors (Lipinski definition) is 0. The van der Waals surface area contributed by atoms with Crippen molar-refractivity contribution in [3.8, 4) is 0 Å². The molecule has 0 N–H and O–H groups in total. The Bertz CT molecular complexity index is 623. The van der Waals surface area contributed by atoms with E-state index in [1.807, 2.05) is 30.3 Å². The predicted octanol–water partition coefficient (Wildman–Crippen LogP) is 2.52. The summed E-state index contributed by atoms with van der Waals surface area (Å²) in [6.07, 6.45) is 5.75. The van der Waals surface area contributed by atoms with Gasteiger partial charge in [-0.3, -0.25) is 4.79 Å². The van der Waals surface area contributed by atoms with Gasteiger partial charge >= 0.3 is 0 Å². The Kier molecular flexibility index (Phi) is 5.77. The molecule has 0 aliphatic carbocycles. The van der Waals surface area contributed by atoms with Crippen LogP contribution >= 0.6 is 0 Å². The van der Waals surface area contributed by atoms with Gasteiger partial charge in [0.1, 0.15) is 0 Å². The summed E-state index contributed by atoms with van der Waals surface area (Å²) in [5.74, 6) is 0.192.